The van der Waals surface area contributed by atoms with Crippen molar-refractivity contribution in [2.45, 2.75) is 152 Å². The van der Waals surface area contributed by atoms with Crippen LogP contribution < -0.4 is 0 Å². The van der Waals surface area contributed by atoms with Crippen LogP contribution in [0.2, 0.25) is 0 Å². The molecule has 352 valence electrons. The van der Waals surface area contributed by atoms with E-state index in [0.29, 0.717) is 58.6 Å². The maximum atomic E-state index is 5.37. The number of aromatic nitrogens is 6. The van der Waals surface area contributed by atoms with Crippen molar-refractivity contribution >= 4 is 10.8 Å². The maximum Gasteiger partial charge on any atom is 0.164 e. The van der Waals surface area contributed by atoms with Crippen molar-refractivity contribution in [1.82, 2.24) is 29.9 Å². The second kappa shape index (κ2) is 20.5. The molecule has 0 N–H and O–H groups in total. The molecule has 4 aliphatic carbocycles. The minimum Gasteiger partial charge on any atom is -0.208 e. The van der Waals surface area contributed by atoms with Crippen molar-refractivity contribution in [3.63, 3.8) is 0 Å². The Morgan fingerprint density at radius 3 is 0.743 bits per heavy atom. The fourth-order valence-corrected chi connectivity index (χ4v) is 12.6. The van der Waals surface area contributed by atoms with Crippen molar-refractivity contribution in [3.05, 3.63) is 156 Å². The SMILES string of the molecule is c1cc(-c2nc(-c3ccc(C4CCCCC4)cc3)nc(-c3ccc(C4CCCCC4)cc3)n2)c2c(-c3nc(-c4ccc(C5CCCCC5)cc4)nc(-c4ccc(C5CCCCC5)cc4)n3)cccc2c1. The van der Waals surface area contributed by atoms with Crippen LogP contribution >= 0.6 is 0 Å². The summed E-state index contributed by atoms with van der Waals surface area (Å²) in [6.07, 6.45) is 26.0. The quantitative estimate of drug-likeness (QED) is 0.136. The van der Waals surface area contributed by atoms with Gasteiger partial charge in [0.05, 0.1) is 0 Å². The molecule has 4 fully saturated rings. The Labute approximate surface area is 415 Å². The van der Waals surface area contributed by atoms with E-state index in [-0.39, 0.29) is 0 Å². The van der Waals surface area contributed by atoms with Gasteiger partial charge in [0.15, 0.2) is 34.9 Å². The molecule has 12 rings (SSSR count). The number of hydrogen-bond donors (Lipinski definition) is 0. The molecular weight excluding hydrogens is 853 g/mol. The summed E-state index contributed by atoms with van der Waals surface area (Å²) in [5, 5.41) is 2.08. The molecule has 4 saturated carbocycles. The van der Waals surface area contributed by atoms with E-state index in [0.717, 1.165) is 44.2 Å². The number of nitrogens with zero attached hydrogens (tertiary/aromatic N) is 6. The predicted molar refractivity (Wildman–Crippen MR) is 287 cm³/mol. The van der Waals surface area contributed by atoms with Gasteiger partial charge in [-0.2, -0.15) is 0 Å². The van der Waals surface area contributed by atoms with Crippen LogP contribution in [0.1, 0.15) is 174 Å². The molecule has 8 aromatic rings. The highest BCUT2D eigenvalue weighted by atomic mass is 15.0. The van der Waals surface area contributed by atoms with Crippen LogP contribution in [0.25, 0.3) is 79.1 Å². The second-order valence-corrected chi connectivity index (χ2v) is 21.1. The zero-order valence-corrected chi connectivity index (χ0v) is 40.8. The Kier molecular flexibility index (Phi) is 13.1. The molecule has 0 radical (unpaired) electrons. The van der Waals surface area contributed by atoms with Gasteiger partial charge in [-0.05, 0) is 103 Å². The predicted octanol–water partition coefficient (Wildman–Crippen LogP) is 17.4. The van der Waals surface area contributed by atoms with Crippen molar-refractivity contribution in [3.8, 4) is 68.3 Å². The van der Waals surface area contributed by atoms with Gasteiger partial charge in [-0.15, -0.1) is 0 Å². The number of benzene rings is 6. The van der Waals surface area contributed by atoms with E-state index in [1.807, 2.05) is 0 Å². The fraction of sp³-hybridized carbons (Fsp3) is 0.375. The average molecular weight is 919 g/mol. The fourth-order valence-electron chi connectivity index (χ4n) is 12.6. The molecule has 2 aromatic heterocycles. The van der Waals surface area contributed by atoms with E-state index < -0.39 is 0 Å². The van der Waals surface area contributed by atoms with Crippen LogP contribution in [0.3, 0.4) is 0 Å². The van der Waals surface area contributed by atoms with E-state index in [2.05, 4.69) is 133 Å². The lowest BCUT2D eigenvalue weighted by Gasteiger charge is -2.22. The largest absolute Gasteiger partial charge is 0.208 e. The van der Waals surface area contributed by atoms with E-state index in [1.54, 1.807) is 0 Å². The molecule has 0 unspecified atom stereocenters. The Hall–Kier alpha value is -6.40. The molecule has 0 spiro atoms. The number of rotatable bonds is 10. The summed E-state index contributed by atoms with van der Waals surface area (Å²) < 4.78 is 0. The standard InChI is InChI=1S/C64H66N6/c1-5-15-43(16-6-1)47-27-35-52(36-28-47)59-65-60(53-37-29-48(30-38-53)44-17-7-2-8-18-44)68-63(67-59)56-25-13-23-51-24-14-26-57(58(51)56)64-69-61(54-39-31-49(32-40-54)45-19-9-3-10-20-45)66-62(70-64)55-41-33-50(34-42-55)46-21-11-4-12-22-46/h13-14,23-46H,1-12,15-22H2. The summed E-state index contributed by atoms with van der Waals surface area (Å²) in [5.74, 6) is 6.50. The third-order valence-corrected chi connectivity index (χ3v) is 16.6. The summed E-state index contributed by atoms with van der Waals surface area (Å²) in [7, 11) is 0. The molecule has 0 saturated heterocycles. The Morgan fingerprint density at radius 2 is 0.486 bits per heavy atom. The Bertz CT molecular complexity index is 2680. The number of fused-ring (bicyclic) bond motifs is 1. The van der Waals surface area contributed by atoms with E-state index in [1.165, 1.54) is 151 Å². The zero-order valence-electron chi connectivity index (χ0n) is 40.8. The molecule has 2 heterocycles. The van der Waals surface area contributed by atoms with Crippen molar-refractivity contribution in [2.75, 3.05) is 0 Å². The van der Waals surface area contributed by atoms with Gasteiger partial charge in [0.25, 0.3) is 0 Å². The van der Waals surface area contributed by atoms with Gasteiger partial charge < -0.3 is 0 Å². The van der Waals surface area contributed by atoms with E-state index >= 15 is 0 Å². The van der Waals surface area contributed by atoms with Crippen LogP contribution in [0.4, 0.5) is 0 Å². The summed E-state index contributed by atoms with van der Waals surface area (Å²) in [4.78, 5) is 32.0. The molecular formula is C64H66N6. The molecule has 6 aromatic carbocycles. The van der Waals surface area contributed by atoms with Gasteiger partial charge >= 0.3 is 0 Å². The van der Waals surface area contributed by atoms with Gasteiger partial charge in [0.1, 0.15) is 0 Å². The second-order valence-electron chi connectivity index (χ2n) is 21.1. The average Bonchev–Trinajstić information content (AvgIpc) is 3.45. The first-order valence-electron chi connectivity index (χ1n) is 27.1. The monoisotopic (exact) mass is 919 g/mol. The van der Waals surface area contributed by atoms with Crippen LogP contribution in [-0.4, -0.2) is 29.9 Å². The smallest absolute Gasteiger partial charge is 0.164 e. The maximum absolute atomic E-state index is 5.37. The Balaban J connectivity index is 0.981. The third kappa shape index (κ3) is 9.59. The first kappa shape index (κ1) is 44.8. The van der Waals surface area contributed by atoms with Gasteiger partial charge in [-0.25, -0.2) is 29.9 Å². The highest BCUT2D eigenvalue weighted by Crippen LogP contribution is 2.40. The van der Waals surface area contributed by atoms with E-state index in [4.69, 9.17) is 29.9 Å². The van der Waals surface area contributed by atoms with Gasteiger partial charge in [0.2, 0.25) is 0 Å². The molecule has 0 atom stereocenters. The van der Waals surface area contributed by atoms with Crippen LogP contribution in [-0.2, 0) is 0 Å². The minimum atomic E-state index is 0.627. The van der Waals surface area contributed by atoms with Gasteiger partial charge in [-0.3, -0.25) is 0 Å². The molecule has 0 amide bonds. The molecule has 70 heavy (non-hydrogen) atoms. The highest BCUT2D eigenvalue weighted by molar-refractivity contribution is 6.05. The minimum absolute atomic E-state index is 0.627. The Morgan fingerprint density at radius 1 is 0.243 bits per heavy atom. The topological polar surface area (TPSA) is 77.3 Å². The summed E-state index contributed by atoms with van der Waals surface area (Å²) in [6, 6.07) is 49.2. The van der Waals surface area contributed by atoms with Crippen molar-refractivity contribution in [1.29, 1.82) is 0 Å². The highest BCUT2D eigenvalue weighted by Gasteiger charge is 2.23. The van der Waals surface area contributed by atoms with Crippen LogP contribution in [0.15, 0.2) is 133 Å². The van der Waals surface area contributed by atoms with Crippen LogP contribution in [0.5, 0.6) is 0 Å². The zero-order chi connectivity index (χ0) is 46.6. The lowest BCUT2D eigenvalue weighted by Crippen LogP contribution is -2.05. The summed E-state index contributed by atoms with van der Waals surface area (Å²) >= 11 is 0. The normalized spacial score (nSPS) is 17.8. The first-order valence-corrected chi connectivity index (χ1v) is 27.1. The van der Waals surface area contributed by atoms with Gasteiger partial charge in [0, 0.05) is 38.8 Å². The molecule has 6 nitrogen and oxygen atoms in total. The summed E-state index contributed by atoms with van der Waals surface area (Å²) in [5.41, 5.74) is 11.5. The number of hydrogen-bond acceptors (Lipinski definition) is 6. The van der Waals surface area contributed by atoms with Crippen LogP contribution in [0, 0.1) is 0 Å². The van der Waals surface area contributed by atoms with E-state index in [9.17, 15) is 0 Å². The first-order chi connectivity index (χ1) is 34.7. The molecule has 0 bridgehead atoms. The lowest BCUT2D eigenvalue weighted by molar-refractivity contribution is 0.443. The lowest BCUT2D eigenvalue weighted by atomic mass is 9.84. The molecule has 0 aliphatic heterocycles. The van der Waals surface area contributed by atoms with Crippen molar-refractivity contribution < 1.29 is 0 Å². The third-order valence-electron chi connectivity index (χ3n) is 16.6. The molecule has 6 heteroatoms. The molecule has 4 aliphatic rings. The van der Waals surface area contributed by atoms with Gasteiger partial charge in [-0.1, -0.05) is 211 Å². The summed E-state index contributed by atoms with van der Waals surface area (Å²) in [6.45, 7) is 0. The van der Waals surface area contributed by atoms with Crippen molar-refractivity contribution in [2.24, 2.45) is 0 Å².